The number of rotatable bonds is 4. The molecule has 2 rings (SSSR count). The Morgan fingerprint density at radius 1 is 1.37 bits per heavy atom. The highest BCUT2D eigenvalue weighted by molar-refractivity contribution is 7.14. The van der Waals surface area contributed by atoms with Crippen molar-refractivity contribution < 1.29 is 4.79 Å². The Kier molecular flexibility index (Phi) is 4.24. The molecule has 0 aliphatic heterocycles. The molecular formula is C13H16N4OS. The number of carbonyl (C=O) groups is 1. The first kappa shape index (κ1) is 13.6. The highest BCUT2D eigenvalue weighted by atomic mass is 32.1. The van der Waals surface area contributed by atoms with Crippen LogP contribution in [0.3, 0.4) is 0 Å². The maximum atomic E-state index is 11.9. The van der Waals surface area contributed by atoms with E-state index in [0.29, 0.717) is 5.13 Å². The van der Waals surface area contributed by atoms with Crippen LogP contribution in [-0.4, -0.2) is 21.9 Å². The SMILES string of the molecule is CC(N)C(C)C(=O)Nc1nc(-c2ccccn2)cs1. The molecule has 2 heterocycles. The van der Waals surface area contributed by atoms with E-state index in [4.69, 9.17) is 5.73 Å². The van der Waals surface area contributed by atoms with E-state index in [1.54, 1.807) is 13.1 Å². The molecule has 2 aromatic heterocycles. The molecule has 5 nitrogen and oxygen atoms in total. The highest BCUT2D eigenvalue weighted by Gasteiger charge is 2.18. The fourth-order valence-corrected chi connectivity index (χ4v) is 2.13. The van der Waals surface area contributed by atoms with Gasteiger partial charge in [0.15, 0.2) is 5.13 Å². The molecule has 19 heavy (non-hydrogen) atoms. The third kappa shape index (κ3) is 3.36. The number of hydrogen-bond donors (Lipinski definition) is 2. The Morgan fingerprint density at radius 3 is 2.79 bits per heavy atom. The average Bonchev–Trinajstić information content (AvgIpc) is 2.87. The first-order chi connectivity index (χ1) is 9.08. The van der Waals surface area contributed by atoms with Crippen molar-refractivity contribution in [3.05, 3.63) is 29.8 Å². The van der Waals surface area contributed by atoms with Gasteiger partial charge in [-0.05, 0) is 19.1 Å². The van der Waals surface area contributed by atoms with E-state index in [-0.39, 0.29) is 17.9 Å². The van der Waals surface area contributed by atoms with Gasteiger partial charge in [0.2, 0.25) is 5.91 Å². The molecule has 0 aliphatic carbocycles. The number of pyridine rings is 1. The predicted molar refractivity (Wildman–Crippen MR) is 76.8 cm³/mol. The Labute approximate surface area is 115 Å². The summed E-state index contributed by atoms with van der Waals surface area (Å²) in [5, 5.41) is 5.21. The zero-order chi connectivity index (χ0) is 13.8. The topological polar surface area (TPSA) is 80.9 Å². The van der Waals surface area contributed by atoms with Gasteiger partial charge in [0.05, 0.1) is 11.6 Å². The van der Waals surface area contributed by atoms with Crippen LogP contribution in [0, 0.1) is 5.92 Å². The first-order valence-electron chi connectivity index (χ1n) is 6.01. The van der Waals surface area contributed by atoms with Gasteiger partial charge in [-0.25, -0.2) is 4.98 Å². The van der Waals surface area contributed by atoms with E-state index in [1.807, 2.05) is 30.5 Å². The van der Waals surface area contributed by atoms with Gasteiger partial charge >= 0.3 is 0 Å². The van der Waals surface area contributed by atoms with Gasteiger partial charge in [0.1, 0.15) is 5.69 Å². The Balaban J connectivity index is 2.08. The summed E-state index contributed by atoms with van der Waals surface area (Å²) < 4.78 is 0. The molecule has 0 bridgehead atoms. The van der Waals surface area contributed by atoms with Crippen LogP contribution in [0.2, 0.25) is 0 Å². The number of nitrogens with two attached hydrogens (primary N) is 1. The molecule has 0 fully saturated rings. The molecular weight excluding hydrogens is 260 g/mol. The number of nitrogens with one attached hydrogen (secondary N) is 1. The molecule has 0 aliphatic rings. The van der Waals surface area contributed by atoms with Crippen LogP contribution in [0.4, 0.5) is 5.13 Å². The molecule has 0 aromatic carbocycles. The molecule has 2 atom stereocenters. The molecule has 0 radical (unpaired) electrons. The van der Waals surface area contributed by atoms with Gasteiger partial charge in [-0.2, -0.15) is 0 Å². The van der Waals surface area contributed by atoms with Crippen LogP contribution in [0.15, 0.2) is 29.8 Å². The van der Waals surface area contributed by atoms with Crippen molar-refractivity contribution in [2.45, 2.75) is 19.9 Å². The zero-order valence-corrected chi connectivity index (χ0v) is 11.6. The summed E-state index contributed by atoms with van der Waals surface area (Å²) in [6.07, 6.45) is 1.71. The van der Waals surface area contributed by atoms with Crippen LogP contribution in [0.25, 0.3) is 11.4 Å². The molecule has 1 amide bonds. The molecule has 2 aromatic rings. The Morgan fingerprint density at radius 2 is 2.16 bits per heavy atom. The lowest BCUT2D eigenvalue weighted by molar-refractivity contribution is -0.119. The smallest absolute Gasteiger partial charge is 0.230 e. The Hall–Kier alpha value is -1.79. The minimum atomic E-state index is -0.248. The van der Waals surface area contributed by atoms with Gasteiger partial charge in [-0.1, -0.05) is 13.0 Å². The summed E-state index contributed by atoms with van der Waals surface area (Å²) in [5.41, 5.74) is 7.25. The molecule has 0 saturated carbocycles. The number of anilines is 1. The van der Waals surface area contributed by atoms with Crippen LogP contribution in [0.5, 0.6) is 0 Å². The third-order valence-electron chi connectivity index (χ3n) is 2.86. The summed E-state index contributed by atoms with van der Waals surface area (Å²) in [5.74, 6) is -0.362. The van der Waals surface area contributed by atoms with Gasteiger partial charge < -0.3 is 11.1 Å². The fourth-order valence-electron chi connectivity index (χ4n) is 1.42. The minimum absolute atomic E-state index is 0.114. The van der Waals surface area contributed by atoms with Gasteiger partial charge in [-0.15, -0.1) is 11.3 Å². The molecule has 6 heteroatoms. The molecule has 0 spiro atoms. The van der Waals surface area contributed by atoms with E-state index < -0.39 is 0 Å². The van der Waals surface area contributed by atoms with E-state index in [2.05, 4.69) is 15.3 Å². The lowest BCUT2D eigenvalue weighted by Crippen LogP contribution is -2.34. The summed E-state index contributed by atoms with van der Waals surface area (Å²) in [4.78, 5) is 20.4. The molecule has 3 N–H and O–H groups in total. The van der Waals surface area contributed by atoms with E-state index in [0.717, 1.165) is 11.4 Å². The van der Waals surface area contributed by atoms with Crippen LogP contribution in [0.1, 0.15) is 13.8 Å². The van der Waals surface area contributed by atoms with Crippen molar-refractivity contribution in [1.29, 1.82) is 0 Å². The second-order valence-corrected chi connectivity index (χ2v) is 5.25. The Bertz CT molecular complexity index is 553. The summed E-state index contributed by atoms with van der Waals surface area (Å²) in [7, 11) is 0. The lowest BCUT2D eigenvalue weighted by Gasteiger charge is -2.13. The summed E-state index contributed by atoms with van der Waals surface area (Å²) in [6.45, 7) is 3.61. The number of aromatic nitrogens is 2. The third-order valence-corrected chi connectivity index (χ3v) is 3.62. The van der Waals surface area contributed by atoms with Crippen LogP contribution >= 0.6 is 11.3 Å². The molecule has 2 unspecified atom stereocenters. The second-order valence-electron chi connectivity index (χ2n) is 4.39. The normalized spacial score (nSPS) is 13.8. The summed E-state index contributed by atoms with van der Waals surface area (Å²) in [6, 6.07) is 5.45. The second kappa shape index (κ2) is 5.90. The fraction of sp³-hybridized carbons (Fsp3) is 0.308. The van der Waals surface area contributed by atoms with E-state index in [9.17, 15) is 4.79 Å². The van der Waals surface area contributed by atoms with Gasteiger partial charge in [0, 0.05) is 17.6 Å². The van der Waals surface area contributed by atoms with Crippen molar-refractivity contribution >= 4 is 22.4 Å². The van der Waals surface area contributed by atoms with Crippen LogP contribution in [-0.2, 0) is 4.79 Å². The van der Waals surface area contributed by atoms with E-state index >= 15 is 0 Å². The zero-order valence-electron chi connectivity index (χ0n) is 10.8. The first-order valence-corrected chi connectivity index (χ1v) is 6.89. The monoisotopic (exact) mass is 276 g/mol. The largest absolute Gasteiger partial charge is 0.327 e. The number of amides is 1. The van der Waals surface area contributed by atoms with Gasteiger partial charge in [0.25, 0.3) is 0 Å². The molecule has 100 valence electrons. The molecule has 0 saturated heterocycles. The van der Waals surface area contributed by atoms with Crippen molar-refractivity contribution in [3.63, 3.8) is 0 Å². The van der Waals surface area contributed by atoms with Crippen molar-refractivity contribution in [2.75, 3.05) is 5.32 Å². The maximum absolute atomic E-state index is 11.9. The number of nitrogens with zero attached hydrogens (tertiary/aromatic N) is 2. The van der Waals surface area contributed by atoms with Crippen LogP contribution < -0.4 is 11.1 Å². The number of carbonyl (C=O) groups excluding carboxylic acids is 1. The quantitative estimate of drug-likeness (QED) is 0.896. The summed E-state index contributed by atoms with van der Waals surface area (Å²) >= 11 is 1.38. The number of hydrogen-bond acceptors (Lipinski definition) is 5. The van der Waals surface area contributed by atoms with Crippen molar-refractivity contribution in [3.8, 4) is 11.4 Å². The van der Waals surface area contributed by atoms with E-state index in [1.165, 1.54) is 11.3 Å². The van der Waals surface area contributed by atoms with Gasteiger partial charge in [-0.3, -0.25) is 9.78 Å². The maximum Gasteiger partial charge on any atom is 0.230 e. The van der Waals surface area contributed by atoms with Crippen molar-refractivity contribution in [2.24, 2.45) is 11.7 Å². The predicted octanol–water partition coefficient (Wildman–Crippen LogP) is 2.13. The number of thiazole rings is 1. The average molecular weight is 276 g/mol. The minimum Gasteiger partial charge on any atom is -0.327 e. The lowest BCUT2D eigenvalue weighted by atomic mass is 10.0. The highest BCUT2D eigenvalue weighted by Crippen LogP contribution is 2.23. The standard InChI is InChI=1S/C13H16N4OS/c1-8(9(2)14)12(18)17-13-16-11(7-19-13)10-5-3-4-6-15-10/h3-9H,14H2,1-2H3,(H,16,17,18). The van der Waals surface area contributed by atoms with Crippen molar-refractivity contribution in [1.82, 2.24) is 9.97 Å².